The van der Waals surface area contributed by atoms with Crippen molar-refractivity contribution in [3.8, 4) is 11.6 Å². The summed E-state index contributed by atoms with van der Waals surface area (Å²) in [6.45, 7) is 2.64. The maximum Gasteiger partial charge on any atom is 0.273 e. The number of hydrogen-bond acceptors (Lipinski definition) is 6. The monoisotopic (exact) mass is 338 g/mol. The molecule has 0 spiro atoms. The molecule has 0 fully saturated rings. The average molecular weight is 339 g/mol. The smallest absolute Gasteiger partial charge is 0.273 e. The van der Waals surface area contributed by atoms with E-state index in [1.807, 2.05) is 6.92 Å². The molecule has 0 bridgehead atoms. The number of nitro benzene ring substituents is 1. The molecule has 0 saturated heterocycles. The normalized spacial score (nSPS) is 10.1. The van der Waals surface area contributed by atoms with E-state index in [-0.39, 0.29) is 11.6 Å². The summed E-state index contributed by atoms with van der Waals surface area (Å²) in [6.07, 6.45) is 1.36. The van der Waals surface area contributed by atoms with Crippen molar-refractivity contribution in [2.24, 2.45) is 0 Å². The number of halogens is 1. The van der Waals surface area contributed by atoms with Gasteiger partial charge >= 0.3 is 0 Å². The van der Waals surface area contributed by atoms with Crippen molar-refractivity contribution >= 4 is 27.4 Å². The fourth-order valence-electron chi connectivity index (χ4n) is 1.49. The Kier molecular flexibility index (Phi) is 4.46. The Labute approximate surface area is 123 Å². The number of rotatable bonds is 5. The average Bonchev–Trinajstić information content (AvgIpc) is 2.44. The van der Waals surface area contributed by atoms with Crippen LogP contribution in [0.25, 0.3) is 0 Å². The summed E-state index contributed by atoms with van der Waals surface area (Å²) in [4.78, 5) is 18.3. The van der Waals surface area contributed by atoms with Gasteiger partial charge in [-0.2, -0.15) is 0 Å². The molecule has 0 amide bonds. The number of nitrogens with zero attached hydrogens (tertiary/aromatic N) is 3. The lowest BCUT2D eigenvalue weighted by Gasteiger charge is -2.09. The van der Waals surface area contributed by atoms with E-state index in [1.54, 1.807) is 12.1 Å². The Morgan fingerprint density at radius 2 is 2.25 bits per heavy atom. The van der Waals surface area contributed by atoms with Crippen molar-refractivity contribution in [3.63, 3.8) is 0 Å². The van der Waals surface area contributed by atoms with Crippen LogP contribution in [0.3, 0.4) is 0 Å². The standard InChI is InChI=1S/C12H11BrN4O3/c1-2-14-11-10(13)12(16-7-15-11)20-9-5-3-4-8(6-9)17(18)19/h3-7H,2H2,1H3,(H,14,15,16). The SMILES string of the molecule is CCNc1ncnc(Oc2cccc([N+](=O)[O-])c2)c1Br. The van der Waals surface area contributed by atoms with Gasteiger partial charge in [0.05, 0.1) is 11.0 Å². The van der Waals surface area contributed by atoms with Crippen LogP contribution in [0.15, 0.2) is 35.1 Å². The number of benzene rings is 1. The summed E-state index contributed by atoms with van der Waals surface area (Å²) >= 11 is 3.34. The summed E-state index contributed by atoms with van der Waals surface area (Å²) in [5.74, 6) is 1.22. The molecule has 2 rings (SSSR count). The first kappa shape index (κ1) is 14.2. The minimum atomic E-state index is -0.480. The fourth-order valence-corrected chi connectivity index (χ4v) is 1.91. The van der Waals surface area contributed by atoms with Crippen LogP contribution in [0.5, 0.6) is 11.6 Å². The molecule has 0 saturated carbocycles. The van der Waals surface area contributed by atoms with E-state index in [0.717, 1.165) is 0 Å². The summed E-state index contributed by atoms with van der Waals surface area (Å²) < 4.78 is 6.11. The Morgan fingerprint density at radius 3 is 2.95 bits per heavy atom. The first-order chi connectivity index (χ1) is 9.61. The molecule has 0 unspecified atom stereocenters. The quantitative estimate of drug-likeness (QED) is 0.663. The van der Waals surface area contributed by atoms with Gasteiger partial charge in [0.1, 0.15) is 22.4 Å². The summed E-state index contributed by atoms with van der Waals surface area (Å²) in [5, 5.41) is 13.8. The van der Waals surface area contributed by atoms with E-state index < -0.39 is 4.92 Å². The van der Waals surface area contributed by atoms with Crippen LogP contribution in [0.4, 0.5) is 11.5 Å². The third-order valence-corrected chi connectivity index (χ3v) is 3.06. The lowest BCUT2D eigenvalue weighted by atomic mass is 10.3. The van der Waals surface area contributed by atoms with Gasteiger partial charge in [-0.3, -0.25) is 10.1 Å². The molecule has 7 nitrogen and oxygen atoms in total. The maximum absolute atomic E-state index is 10.7. The van der Waals surface area contributed by atoms with Crippen LogP contribution in [0.2, 0.25) is 0 Å². The third kappa shape index (κ3) is 3.21. The van der Waals surface area contributed by atoms with Crippen LogP contribution in [-0.4, -0.2) is 21.4 Å². The molecule has 1 aromatic heterocycles. The highest BCUT2D eigenvalue weighted by molar-refractivity contribution is 9.10. The molecule has 0 aliphatic carbocycles. The highest BCUT2D eigenvalue weighted by Gasteiger charge is 2.12. The van der Waals surface area contributed by atoms with Crippen LogP contribution in [-0.2, 0) is 0 Å². The van der Waals surface area contributed by atoms with Gasteiger partial charge in [-0.15, -0.1) is 0 Å². The van der Waals surface area contributed by atoms with Crippen LogP contribution in [0, 0.1) is 10.1 Å². The van der Waals surface area contributed by atoms with Gasteiger partial charge in [-0.25, -0.2) is 9.97 Å². The molecular weight excluding hydrogens is 328 g/mol. The van der Waals surface area contributed by atoms with Gasteiger partial charge in [0.25, 0.3) is 5.69 Å². The molecular formula is C12H11BrN4O3. The third-order valence-electron chi connectivity index (χ3n) is 2.34. The molecule has 8 heteroatoms. The number of non-ortho nitro benzene ring substituents is 1. The van der Waals surface area contributed by atoms with E-state index in [2.05, 4.69) is 31.2 Å². The van der Waals surface area contributed by atoms with Crippen LogP contribution >= 0.6 is 15.9 Å². The molecule has 0 aliphatic rings. The summed E-state index contributed by atoms with van der Waals surface area (Å²) in [6, 6.07) is 5.90. The molecule has 1 N–H and O–H groups in total. The van der Waals surface area contributed by atoms with Gasteiger partial charge in [-0.05, 0) is 28.9 Å². The Morgan fingerprint density at radius 1 is 1.45 bits per heavy atom. The lowest BCUT2D eigenvalue weighted by Crippen LogP contribution is -2.02. The van der Waals surface area contributed by atoms with Crippen molar-refractivity contribution < 1.29 is 9.66 Å². The lowest BCUT2D eigenvalue weighted by molar-refractivity contribution is -0.384. The van der Waals surface area contributed by atoms with Crippen molar-refractivity contribution in [3.05, 3.63) is 45.2 Å². The van der Waals surface area contributed by atoms with Gasteiger partial charge in [-0.1, -0.05) is 6.07 Å². The minimum absolute atomic E-state index is 0.0421. The molecule has 0 aliphatic heterocycles. The fraction of sp³-hybridized carbons (Fsp3) is 0.167. The second-order valence-corrected chi connectivity index (χ2v) is 4.52. The largest absolute Gasteiger partial charge is 0.437 e. The van der Waals surface area contributed by atoms with Crippen LogP contribution < -0.4 is 10.1 Å². The molecule has 1 heterocycles. The molecule has 0 radical (unpaired) electrons. The van der Waals surface area contributed by atoms with Gasteiger partial charge in [0.15, 0.2) is 0 Å². The molecule has 20 heavy (non-hydrogen) atoms. The minimum Gasteiger partial charge on any atom is -0.437 e. The second-order valence-electron chi connectivity index (χ2n) is 3.73. The van der Waals surface area contributed by atoms with Gasteiger partial charge in [0, 0.05) is 12.6 Å². The predicted octanol–water partition coefficient (Wildman–Crippen LogP) is 3.37. The zero-order valence-electron chi connectivity index (χ0n) is 10.5. The summed E-state index contributed by atoms with van der Waals surface area (Å²) in [5.41, 5.74) is -0.0421. The Balaban J connectivity index is 2.28. The Hall–Kier alpha value is -2.22. The number of nitro groups is 1. The zero-order valence-corrected chi connectivity index (χ0v) is 12.1. The second kappa shape index (κ2) is 6.29. The van der Waals surface area contributed by atoms with Crippen molar-refractivity contribution in [1.29, 1.82) is 0 Å². The number of aromatic nitrogens is 2. The first-order valence-corrected chi connectivity index (χ1v) is 6.57. The number of anilines is 1. The molecule has 1 aromatic carbocycles. The van der Waals surface area contributed by atoms with E-state index in [0.29, 0.717) is 22.6 Å². The maximum atomic E-state index is 10.7. The molecule has 2 aromatic rings. The highest BCUT2D eigenvalue weighted by Crippen LogP contribution is 2.32. The topological polar surface area (TPSA) is 90.2 Å². The molecule has 0 atom stereocenters. The van der Waals surface area contributed by atoms with Crippen LogP contribution in [0.1, 0.15) is 6.92 Å². The van der Waals surface area contributed by atoms with Gasteiger partial charge in [0.2, 0.25) is 5.88 Å². The predicted molar refractivity (Wildman–Crippen MR) is 77.1 cm³/mol. The Bertz CT molecular complexity index is 636. The van der Waals surface area contributed by atoms with Crippen molar-refractivity contribution in [2.75, 3.05) is 11.9 Å². The zero-order chi connectivity index (χ0) is 14.5. The first-order valence-electron chi connectivity index (χ1n) is 5.78. The molecule has 104 valence electrons. The number of nitrogens with one attached hydrogen (secondary N) is 1. The van der Waals surface area contributed by atoms with Crippen molar-refractivity contribution in [2.45, 2.75) is 6.92 Å². The van der Waals surface area contributed by atoms with E-state index in [9.17, 15) is 10.1 Å². The van der Waals surface area contributed by atoms with Crippen molar-refractivity contribution in [1.82, 2.24) is 9.97 Å². The number of hydrogen-bond donors (Lipinski definition) is 1. The van der Waals surface area contributed by atoms with E-state index >= 15 is 0 Å². The van der Waals surface area contributed by atoms with E-state index in [1.165, 1.54) is 18.5 Å². The van der Waals surface area contributed by atoms with Gasteiger partial charge < -0.3 is 10.1 Å². The van der Waals surface area contributed by atoms with E-state index in [4.69, 9.17) is 4.74 Å². The number of ether oxygens (including phenoxy) is 1. The highest BCUT2D eigenvalue weighted by atomic mass is 79.9. The summed E-state index contributed by atoms with van der Waals surface area (Å²) in [7, 11) is 0.